The molecule has 4 N–H and O–H groups in total. The molecule has 1 aromatic rings. The van der Waals surface area contributed by atoms with Crippen molar-refractivity contribution in [2.75, 3.05) is 6.73 Å². The van der Waals surface area contributed by atoms with E-state index >= 15 is 0 Å². The predicted octanol–water partition coefficient (Wildman–Crippen LogP) is -0.717. The molecule has 76 valence electrons. The maximum Gasteiger partial charge on any atom is 0.372 e. The van der Waals surface area contributed by atoms with Gasteiger partial charge in [-0.3, -0.25) is 5.73 Å². The first kappa shape index (κ1) is 10.6. The zero-order valence-corrected chi connectivity index (χ0v) is 7.38. The Hall–Kier alpha value is -1.43. The molecule has 0 spiro atoms. The number of benzene rings is 1. The van der Waals surface area contributed by atoms with Gasteiger partial charge in [0.2, 0.25) is 0 Å². The highest BCUT2D eigenvalue weighted by Crippen LogP contribution is 2.18. The molecule has 0 radical (unpaired) electrons. The Morgan fingerprint density at radius 3 is 2.43 bits per heavy atom. The van der Waals surface area contributed by atoms with Crippen molar-refractivity contribution in [1.82, 2.24) is 0 Å². The minimum atomic E-state index is -2.64. The quantitative estimate of drug-likeness (QED) is 0.439. The van der Waals surface area contributed by atoms with E-state index in [4.69, 9.17) is 5.73 Å². The van der Waals surface area contributed by atoms with Gasteiger partial charge in [-0.15, -0.1) is 0 Å². The number of hydrogen-bond donors (Lipinski definition) is 3. The molecule has 0 unspecified atom stereocenters. The summed E-state index contributed by atoms with van der Waals surface area (Å²) in [5, 5.41) is 18.8. The standard InChI is InChI=1S/C9H11NO4/c10-6-14-8(11)9(12,13)7-4-2-1-3-5-7/h1-5,12-13H,6,10H2. The monoisotopic (exact) mass is 197 g/mol. The fourth-order valence-electron chi connectivity index (χ4n) is 0.965. The molecule has 0 bridgehead atoms. The van der Waals surface area contributed by atoms with Gasteiger partial charge in [0.05, 0.1) is 0 Å². The van der Waals surface area contributed by atoms with E-state index in [1.165, 1.54) is 12.1 Å². The van der Waals surface area contributed by atoms with Crippen molar-refractivity contribution in [2.45, 2.75) is 5.79 Å². The molecule has 0 atom stereocenters. The third kappa shape index (κ3) is 2.08. The van der Waals surface area contributed by atoms with E-state index in [1.54, 1.807) is 18.2 Å². The minimum absolute atomic E-state index is 0.0402. The van der Waals surface area contributed by atoms with Crippen molar-refractivity contribution in [3.05, 3.63) is 35.9 Å². The molecule has 0 fully saturated rings. The zero-order chi connectivity index (χ0) is 10.6. The molecule has 0 aliphatic heterocycles. The highest BCUT2D eigenvalue weighted by molar-refractivity contribution is 5.78. The molecule has 5 heteroatoms. The Kier molecular flexibility index (Phi) is 3.19. The van der Waals surface area contributed by atoms with Crippen LogP contribution in [0.2, 0.25) is 0 Å². The molecule has 0 saturated carbocycles. The number of esters is 1. The molecule has 0 heterocycles. The molecule has 5 nitrogen and oxygen atoms in total. The zero-order valence-electron chi connectivity index (χ0n) is 7.38. The van der Waals surface area contributed by atoms with Crippen molar-refractivity contribution in [3.8, 4) is 0 Å². The number of ether oxygens (including phenoxy) is 1. The van der Waals surface area contributed by atoms with Crippen LogP contribution < -0.4 is 5.73 Å². The van der Waals surface area contributed by atoms with Crippen LogP contribution in [0.15, 0.2) is 30.3 Å². The number of rotatable bonds is 3. The van der Waals surface area contributed by atoms with Crippen LogP contribution in [0.5, 0.6) is 0 Å². The van der Waals surface area contributed by atoms with Gasteiger partial charge in [-0.1, -0.05) is 30.3 Å². The lowest BCUT2D eigenvalue weighted by Crippen LogP contribution is -2.38. The lowest BCUT2D eigenvalue weighted by molar-refractivity contribution is -0.213. The van der Waals surface area contributed by atoms with Crippen LogP contribution in [0.25, 0.3) is 0 Å². The molecule has 0 amide bonds. The van der Waals surface area contributed by atoms with Gasteiger partial charge >= 0.3 is 5.97 Å². The average molecular weight is 197 g/mol. The number of aliphatic hydroxyl groups is 2. The van der Waals surface area contributed by atoms with Crippen LogP contribution in [0, 0.1) is 0 Å². The Bertz CT molecular complexity index is 310. The number of hydrogen-bond acceptors (Lipinski definition) is 5. The van der Waals surface area contributed by atoms with Crippen molar-refractivity contribution in [3.63, 3.8) is 0 Å². The van der Waals surface area contributed by atoms with Gasteiger partial charge in [0.15, 0.2) is 0 Å². The molecule has 14 heavy (non-hydrogen) atoms. The number of carbonyl (C=O) groups excluding carboxylic acids is 1. The van der Waals surface area contributed by atoms with E-state index in [1.807, 2.05) is 0 Å². The second-order valence-corrected chi connectivity index (χ2v) is 2.64. The maximum absolute atomic E-state index is 11.1. The fourth-order valence-corrected chi connectivity index (χ4v) is 0.965. The van der Waals surface area contributed by atoms with Crippen LogP contribution in [-0.4, -0.2) is 22.9 Å². The first-order chi connectivity index (χ1) is 6.59. The summed E-state index contributed by atoms with van der Waals surface area (Å²) < 4.78 is 4.30. The van der Waals surface area contributed by atoms with Crippen LogP contribution >= 0.6 is 0 Å². The van der Waals surface area contributed by atoms with E-state index in [0.717, 1.165) is 0 Å². The van der Waals surface area contributed by atoms with E-state index in [9.17, 15) is 15.0 Å². The summed E-state index contributed by atoms with van der Waals surface area (Å²) in [5.74, 6) is -3.83. The molecule has 1 aromatic carbocycles. The van der Waals surface area contributed by atoms with Crippen molar-refractivity contribution >= 4 is 5.97 Å². The molecule has 0 saturated heterocycles. The van der Waals surface area contributed by atoms with Gasteiger partial charge in [-0.25, -0.2) is 4.79 Å². The second kappa shape index (κ2) is 4.19. The maximum atomic E-state index is 11.1. The topological polar surface area (TPSA) is 92.8 Å². The minimum Gasteiger partial charge on any atom is -0.446 e. The first-order valence-electron chi connectivity index (χ1n) is 3.96. The Morgan fingerprint density at radius 2 is 1.93 bits per heavy atom. The Balaban J connectivity index is 2.90. The van der Waals surface area contributed by atoms with Gasteiger partial charge in [0.1, 0.15) is 6.73 Å². The summed E-state index contributed by atoms with van der Waals surface area (Å²) in [7, 11) is 0. The van der Waals surface area contributed by atoms with E-state index < -0.39 is 18.5 Å². The normalized spacial score (nSPS) is 11.1. The molecular formula is C9H11NO4. The second-order valence-electron chi connectivity index (χ2n) is 2.64. The lowest BCUT2D eigenvalue weighted by Gasteiger charge is -2.19. The van der Waals surface area contributed by atoms with E-state index in [0.29, 0.717) is 0 Å². The number of carbonyl (C=O) groups is 1. The van der Waals surface area contributed by atoms with Crippen LogP contribution in [-0.2, 0) is 15.3 Å². The summed E-state index contributed by atoms with van der Waals surface area (Å²) in [4.78, 5) is 11.1. The third-order valence-electron chi connectivity index (χ3n) is 1.68. The van der Waals surface area contributed by atoms with Gasteiger partial charge in [0, 0.05) is 5.56 Å². The highest BCUT2D eigenvalue weighted by atomic mass is 16.6. The van der Waals surface area contributed by atoms with Gasteiger partial charge in [-0.2, -0.15) is 0 Å². The largest absolute Gasteiger partial charge is 0.446 e. The SMILES string of the molecule is NCOC(=O)C(O)(O)c1ccccc1. The predicted molar refractivity (Wildman–Crippen MR) is 47.7 cm³/mol. The summed E-state index contributed by atoms with van der Waals surface area (Å²) in [6.07, 6.45) is 0. The molecule has 1 rings (SSSR count). The van der Waals surface area contributed by atoms with Crippen molar-refractivity contribution < 1.29 is 19.7 Å². The van der Waals surface area contributed by atoms with Crippen LogP contribution in [0.1, 0.15) is 5.56 Å². The smallest absolute Gasteiger partial charge is 0.372 e. The molecule has 0 aliphatic rings. The van der Waals surface area contributed by atoms with Crippen LogP contribution in [0.4, 0.5) is 0 Å². The van der Waals surface area contributed by atoms with Crippen LogP contribution in [0.3, 0.4) is 0 Å². The van der Waals surface area contributed by atoms with Crippen molar-refractivity contribution in [2.24, 2.45) is 5.73 Å². The third-order valence-corrected chi connectivity index (χ3v) is 1.68. The van der Waals surface area contributed by atoms with E-state index in [-0.39, 0.29) is 5.56 Å². The highest BCUT2D eigenvalue weighted by Gasteiger charge is 2.36. The summed E-state index contributed by atoms with van der Waals surface area (Å²) in [6.45, 7) is -0.394. The number of nitrogens with two attached hydrogens (primary N) is 1. The van der Waals surface area contributed by atoms with Crippen molar-refractivity contribution in [1.29, 1.82) is 0 Å². The summed E-state index contributed by atoms with van der Waals surface area (Å²) >= 11 is 0. The van der Waals surface area contributed by atoms with Gasteiger partial charge in [-0.05, 0) is 0 Å². The Morgan fingerprint density at radius 1 is 1.36 bits per heavy atom. The van der Waals surface area contributed by atoms with Gasteiger partial charge in [0.25, 0.3) is 5.79 Å². The fraction of sp³-hybridized carbons (Fsp3) is 0.222. The first-order valence-corrected chi connectivity index (χ1v) is 3.96. The van der Waals surface area contributed by atoms with Gasteiger partial charge < -0.3 is 14.9 Å². The molecular weight excluding hydrogens is 186 g/mol. The lowest BCUT2D eigenvalue weighted by atomic mass is 10.1. The average Bonchev–Trinajstić information content (AvgIpc) is 2.19. The Labute approximate surface area is 80.7 Å². The molecule has 0 aliphatic carbocycles. The van der Waals surface area contributed by atoms with E-state index in [2.05, 4.69) is 4.74 Å². The summed E-state index contributed by atoms with van der Waals surface area (Å²) in [6, 6.07) is 7.64. The molecule has 0 aromatic heterocycles. The summed E-state index contributed by atoms with van der Waals surface area (Å²) in [5.41, 5.74) is 4.98.